The molecule has 0 N–H and O–H groups in total. The number of hydrogen-bond acceptors (Lipinski definition) is 7. The van der Waals surface area contributed by atoms with Gasteiger partial charge >= 0.3 is 0 Å². The predicted octanol–water partition coefficient (Wildman–Crippen LogP) is 4.77. The van der Waals surface area contributed by atoms with E-state index in [1.54, 1.807) is 24.2 Å². The van der Waals surface area contributed by atoms with Crippen LogP contribution in [0.4, 0.5) is 0 Å². The number of benzene rings is 1. The molecule has 1 aliphatic heterocycles. The number of thioether (sulfide) groups is 2. The molecule has 4 rings (SSSR count). The zero-order valence-corrected chi connectivity index (χ0v) is 20.3. The lowest BCUT2D eigenvalue weighted by atomic mass is 10.2. The third-order valence-corrected chi connectivity index (χ3v) is 7.86. The molecule has 1 aromatic carbocycles. The summed E-state index contributed by atoms with van der Waals surface area (Å²) in [5, 5.41) is 0.802. The second kappa shape index (κ2) is 12.3. The zero-order chi connectivity index (χ0) is 22.0. The van der Waals surface area contributed by atoms with Gasteiger partial charge in [0, 0.05) is 62.0 Å². The van der Waals surface area contributed by atoms with Crippen LogP contribution >= 0.6 is 23.5 Å². The molecule has 3 heterocycles. The Balaban J connectivity index is 1.16. The fraction of sp³-hybridized carbons (Fsp3) is 0.400. The zero-order valence-electron chi connectivity index (χ0n) is 18.7. The first-order valence-corrected chi connectivity index (χ1v) is 13.2. The van der Waals surface area contributed by atoms with Gasteiger partial charge in [-0.3, -0.25) is 9.88 Å². The van der Waals surface area contributed by atoms with Gasteiger partial charge in [0.05, 0.1) is 5.69 Å². The highest BCUT2D eigenvalue weighted by atomic mass is 32.2. The second-order valence-electron chi connectivity index (χ2n) is 8.01. The van der Waals surface area contributed by atoms with E-state index in [0.29, 0.717) is 0 Å². The molecule has 5 nitrogen and oxygen atoms in total. The lowest BCUT2D eigenvalue weighted by Gasteiger charge is -2.34. The average Bonchev–Trinajstić information content (AvgIpc) is 2.84. The Kier molecular flexibility index (Phi) is 8.97. The third-order valence-electron chi connectivity index (χ3n) is 5.73. The summed E-state index contributed by atoms with van der Waals surface area (Å²) in [7, 11) is 0. The van der Waals surface area contributed by atoms with Crippen molar-refractivity contribution in [2.75, 3.05) is 38.5 Å². The Bertz CT molecular complexity index is 947. The van der Waals surface area contributed by atoms with Gasteiger partial charge < -0.3 is 4.90 Å². The van der Waals surface area contributed by atoms with Gasteiger partial charge in [-0.2, -0.15) is 0 Å². The Labute approximate surface area is 200 Å². The smallest absolute Gasteiger partial charge is 0.187 e. The summed E-state index contributed by atoms with van der Waals surface area (Å²) in [6, 6.07) is 14.8. The van der Waals surface area contributed by atoms with E-state index in [0.717, 1.165) is 42.0 Å². The van der Waals surface area contributed by atoms with Crippen LogP contribution in [0.1, 0.15) is 23.2 Å². The van der Waals surface area contributed by atoms with Crippen LogP contribution in [0.3, 0.4) is 0 Å². The maximum absolute atomic E-state index is 4.59. The van der Waals surface area contributed by atoms with Crippen molar-refractivity contribution in [1.82, 2.24) is 24.8 Å². The minimum Gasteiger partial charge on any atom is -0.301 e. The topological polar surface area (TPSA) is 45.2 Å². The van der Waals surface area contributed by atoms with Gasteiger partial charge in [0.1, 0.15) is 0 Å². The van der Waals surface area contributed by atoms with Crippen LogP contribution in [0.25, 0.3) is 0 Å². The first kappa shape index (κ1) is 23.2. The molecule has 0 atom stereocenters. The number of nitrogens with zero attached hydrogens (tertiary/aromatic N) is 5. The van der Waals surface area contributed by atoms with Crippen molar-refractivity contribution in [3.05, 3.63) is 77.9 Å². The van der Waals surface area contributed by atoms with Gasteiger partial charge in [-0.05, 0) is 48.9 Å². The van der Waals surface area contributed by atoms with Gasteiger partial charge in [0.15, 0.2) is 5.16 Å². The molecule has 32 heavy (non-hydrogen) atoms. The molecule has 0 unspecified atom stereocenters. The molecule has 0 bridgehead atoms. The molecule has 2 aromatic heterocycles. The second-order valence-corrected chi connectivity index (χ2v) is 10.1. The van der Waals surface area contributed by atoms with E-state index in [1.165, 1.54) is 42.1 Å². The standard InChI is InChI=1S/C25H31N5S2/c1-21-23(20-32-25-27-10-5-11-28-25)26-12-9-24(21)31-18-6-13-29-14-16-30(17-15-29)19-22-7-3-2-4-8-22/h2-5,7-12H,6,13-20H2,1H3. The molecule has 0 spiro atoms. The molecule has 7 heteroatoms. The monoisotopic (exact) mass is 465 g/mol. The Hall–Kier alpha value is -1.93. The first-order valence-electron chi connectivity index (χ1n) is 11.2. The van der Waals surface area contributed by atoms with E-state index in [1.807, 2.05) is 24.0 Å². The molecule has 1 fully saturated rings. The molecule has 1 saturated heterocycles. The number of piperazine rings is 1. The van der Waals surface area contributed by atoms with Crippen molar-refractivity contribution in [2.45, 2.75) is 35.7 Å². The van der Waals surface area contributed by atoms with E-state index in [9.17, 15) is 0 Å². The normalized spacial score (nSPS) is 15.2. The predicted molar refractivity (Wildman–Crippen MR) is 134 cm³/mol. The van der Waals surface area contributed by atoms with Crippen molar-refractivity contribution in [1.29, 1.82) is 0 Å². The van der Waals surface area contributed by atoms with Crippen molar-refractivity contribution in [2.24, 2.45) is 0 Å². The van der Waals surface area contributed by atoms with Crippen molar-refractivity contribution in [3.8, 4) is 0 Å². The highest BCUT2D eigenvalue weighted by Gasteiger charge is 2.16. The van der Waals surface area contributed by atoms with E-state index >= 15 is 0 Å². The van der Waals surface area contributed by atoms with Crippen LogP contribution in [0.2, 0.25) is 0 Å². The highest BCUT2D eigenvalue weighted by molar-refractivity contribution is 7.99. The molecular formula is C25H31N5S2. The van der Waals surface area contributed by atoms with Gasteiger partial charge in [-0.1, -0.05) is 42.1 Å². The third kappa shape index (κ3) is 7.04. The number of aromatic nitrogens is 3. The lowest BCUT2D eigenvalue weighted by molar-refractivity contribution is 0.127. The van der Waals surface area contributed by atoms with Crippen LogP contribution < -0.4 is 0 Å². The summed E-state index contributed by atoms with van der Waals surface area (Å²) in [6.45, 7) is 9.12. The molecule has 0 aliphatic carbocycles. The molecule has 0 amide bonds. The van der Waals surface area contributed by atoms with Crippen LogP contribution in [0.5, 0.6) is 0 Å². The summed E-state index contributed by atoms with van der Waals surface area (Å²) in [5.74, 6) is 1.95. The SMILES string of the molecule is Cc1c(SCCCN2CCN(Cc3ccccc3)CC2)ccnc1CSc1ncccn1. The van der Waals surface area contributed by atoms with Gasteiger partial charge in [-0.25, -0.2) is 9.97 Å². The highest BCUT2D eigenvalue weighted by Crippen LogP contribution is 2.27. The minimum absolute atomic E-state index is 0.802. The largest absolute Gasteiger partial charge is 0.301 e. The molecule has 3 aromatic rings. The van der Waals surface area contributed by atoms with Crippen LogP contribution in [0, 0.1) is 6.92 Å². The van der Waals surface area contributed by atoms with E-state index in [2.05, 4.69) is 68.1 Å². The molecule has 1 aliphatic rings. The number of hydrogen-bond donors (Lipinski definition) is 0. The molecule has 0 radical (unpaired) electrons. The van der Waals surface area contributed by atoms with Crippen LogP contribution in [-0.2, 0) is 12.3 Å². The Morgan fingerprint density at radius 3 is 2.34 bits per heavy atom. The molecule has 0 saturated carbocycles. The summed E-state index contributed by atoms with van der Waals surface area (Å²) >= 11 is 3.60. The van der Waals surface area contributed by atoms with E-state index in [-0.39, 0.29) is 0 Å². The van der Waals surface area contributed by atoms with Gasteiger partial charge in [-0.15, -0.1) is 11.8 Å². The van der Waals surface area contributed by atoms with Gasteiger partial charge in [0.2, 0.25) is 0 Å². The van der Waals surface area contributed by atoms with Crippen molar-refractivity contribution < 1.29 is 0 Å². The van der Waals surface area contributed by atoms with Crippen molar-refractivity contribution in [3.63, 3.8) is 0 Å². The summed E-state index contributed by atoms with van der Waals surface area (Å²) < 4.78 is 0. The fourth-order valence-corrected chi connectivity index (χ4v) is 5.65. The Morgan fingerprint density at radius 2 is 1.56 bits per heavy atom. The average molecular weight is 466 g/mol. The number of rotatable bonds is 10. The van der Waals surface area contributed by atoms with Crippen LogP contribution in [0.15, 0.2) is 71.1 Å². The van der Waals surface area contributed by atoms with E-state index in [4.69, 9.17) is 0 Å². The summed E-state index contributed by atoms with van der Waals surface area (Å²) in [5.41, 5.74) is 3.83. The van der Waals surface area contributed by atoms with Gasteiger partial charge in [0.25, 0.3) is 0 Å². The maximum Gasteiger partial charge on any atom is 0.187 e. The van der Waals surface area contributed by atoms with Crippen LogP contribution in [-0.4, -0.2) is 63.2 Å². The molecular weight excluding hydrogens is 434 g/mol. The summed E-state index contributed by atoms with van der Waals surface area (Å²) in [4.78, 5) is 19.7. The lowest BCUT2D eigenvalue weighted by Crippen LogP contribution is -2.46. The first-order chi connectivity index (χ1) is 15.8. The maximum atomic E-state index is 4.59. The fourth-order valence-electron chi connectivity index (χ4n) is 3.84. The number of pyridine rings is 1. The molecule has 168 valence electrons. The minimum atomic E-state index is 0.802. The Morgan fingerprint density at radius 1 is 0.812 bits per heavy atom. The quantitative estimate of drug-likeness (QED) is 0.243. The van der Waals surface area contributed by atoms with Crippen molar-refractivity contribution >= 4 is 23.5 Å². The summed E-state index contributed by atoms with van der Waals surface area (Å²) in [6.07, 6.45) is 6.71. The van der Waals surface area contributed by atoms with E-state index < -0.39 is 0 Å².